The summed E-state index contributed by atoms with van der Waals surface area (Å²) in [6, 6.07) is 6.11. The van der Waals surface area contributed by atoms with Crippen LogP contribution in [0.15, 0.2) is 24.4 Å². The molecule has 3 heteroatoms. The van der Waals surface area contributed by atoms with Crippen LogP contribution >= 0.6 is 0 Å². The summed E-state index contributed by atoms with van der Waals surface area (Å²) in [6.45, 7) is 2.11. The van der Waals surface area contributed by atoms with Crippen LogP contribution in [0.2, 0.25) is 0 Å². The number of nitrogens with zero attached hydrogens (tertiary/aromatic N) is 1. The Labute approximate surface area is 82.7 Å². The third kappa shape index (κ3) is 1.27. The minimum absolute atomic E-state index is 0.539. The van der Waals surface area contributed by atoms with Gasteiger partial charge in [0.25, 0.3) is 0 Å². The highest BCUT2D eigenvalue weighted by molar-refractivity contribution is 5.98. The lowest BCUT2D eigenvalue weighted by Crippen LogP contribution is -1.96. The van der Waals surface area contributed by atoms with Crippen molar-refractivity contribution in [3.8, 4) is 0 Å². The van der Waals surface area contributed by atoms with E-state index in [9.17, 15) is 0 Å². The molecule has 1 aromatic carbocycles. The molecule has 0 fully saturated rings. The number of fused-ring (bicyclic) bond motifs is 1. The fourth-order valence-electron chi connectivity index (χ4n) is 1.55. The van der Waals surface area contributed by atoms with Crippen LogP contribution in [0, 0.1) is 0 Å². The highest BCUT2D eigenvalue weighted by atomic mass is 14.8. The van der Waals surface area contributed by atoms with Crippen molar-refractivity contribution >= 4 is 22.3 Å². The molecular weight excluding hydrogens is 174 g/mol. The summed E-state index contributed by atoms with van der Waals surface area (Å²) in [7, 11) is 0. The van der Waals surface area contributed by atoms with Crippen molar-refractivity contribution < 1.29 is 0 Å². The van der Waals surface area contributed by atoms with E-state index in [0.29, 0.717) is 11.5 Å². The Morgan fingerprint density at radius 3 is 2.71 bits per heavy atom. The molecule has 1 aromatic heterocycles. The van der Waals surface area contributed by atoms with E-state index in [1.807, 2.05) is 6.07 Å². The van der Waals surface area contributed by atoms with E-state index in [0.717, 1.165) is 17.2 Å². The van der Waals surface area contributed by atoms with Gasteiger partial charge in [-0.2, -0.15) is 0 Å². The SMILES string of the molecule is CCc1ccc2c(N)ncc(N)c2c1. The summed E-state index contributed by atoms with van der Waals surface area (Å²) < 4.78 is 0. The van der Waals surface area contributed by atoms with Gasteiger partial charge < -0.3 is 11.5 Å². The first-order valence-electron chi connectivity index (χ1n) is 4.65. The van der Waals surface area contributed by atoms with Crippen molar-refractivity contribution in [2.45, 2.75) is 13.3 Å². The summed E-state index contributed by atoms with van der Waals surface area (Å²) in [4.78, 5) is 4.02. The van der Waals surface area contributed by atoms with Crippen LogP contribution in [0.5, 0.6) is 0 Å². The van der Waals surface area contributed by atoms with E-state index in [4.69, 9.17) is 11.5 Å². The zero-order valence-electron chi connectivity index (χ0n) is 8.12. The molecule has 0 spiro atoms. The van der Waals surface area contributed by atoms with Crippen LogP contribution in [0.25, 0.3) is 10.8 Å². The quantitative estimate of drug-likeness (QED) is 0.717. The van der Waals surface area contributed by atoms with Crippen molar-refractivity contribution in [3.63, 3.8) is 0 Å². The van der Waals surface area contributed by atoms with Crippen LogP contribution in [-0.2, 0) is 6.42 Å². The molecular formula is C11H13N3. The minimum atomic E-state index is 0.539. The van der Waals surface area contributed by atoms with Gasteiger partial charge in [0.05, 0.1) is 11.9 Å². The summed E-state index contributed by atoms with van der Waals surface area (Å²) >= 11 is 0. The molecule has 0 radical (unpaired) electrons. The maximum absolute atomic E-state index is 5.83. The van der Waals surface area contributed by atoms with E-state index in [-0.39, 0.29) is 0 Å². The van der Waals surface area contributed by atoms with Crippen LogP contribution in [0.1, 0.15) is 12.5 Å². The molecule has 72 valence electrons. The summed E-state index contributed by atoms with van der Waals surface area (Å²) in [5.74, 6) is 0.539. The van der Waals surface area contributed by atoms with Crippen molar-refractivity contribution in [2.24, 2.45) is 0 Å². The molecule has 2 rings (SSSR count). The number of rotatable bonds is 1. The first kappa shape index (κ1) is 8.81. The highest BCUT2D eigenvalue weighted by Gasteiger charge is 2.03. The van der Waals surface area contributed by atoms with Crippen molar-refractivity contribution in [1.29, 1.82) is 0 Å². The molecule has 0 saturated carbocycles. The second kappa shape index (κ2) is 3.18. The average molecular weight is 187 g/mol. The number of nitrogens with two attached hydrogens (primary N) is 2. The predicted molar refractivity (Wildman–Crippen MR) is 59.9 cm³/mol. The summed E-state index contributed by atoms with van der Waals surface area (Å²) in [5, 5.41) is 1.93. The first-order chi connectivity index (χ1) is 6.72. The lowest BCUT2D eigenvalue weighted by atomic mass is 10.1. The largest absolute Gasteiger partial charge is 0.397 e. The Hall–Kier alpha value is -1.77. The number of anilines is 2. The van der Waals surface area contributed by atoms with Crippen molar-refractivity contribution in [3.05, 3.63) is 30.0 Å². The number of nitrogen functional groups attached to an aromatic ring is 2. The van der Waals surface area contributed by atoms with Gasteiger partial charge in [-0.05, 0) is 18.1 Å². The fourth-order valence-corrected chi connectivity index (χ4v) is 1.55. The Morgan fingerprint density at radius 1 is 1.21 bits per heavy atom. The van der Waals surface area contributed by atoms with Gasteiger partial charge in [-0.3, -0.25) is 0 Å². The second-order valence-corrected chi connectivity index (χ2v) is 3.33. The standard InChI is InChI=1S/C11H13N3/c1-2-7-3-4-8-9(5-7)10(12)6-14-11(8)13/h3-6H,2,12H2,1H3,(H2,13,14). The number of aromatic nitrogens is 1. The molecule has 0 bridgehead atoms. The topological polar surface area (TPSA) is 64.9 Å². The van der Waals surface area contributed by atoms with Gasteiger partial charge in [-0.1, -0.05) is 19.1 Å². The predicted octanol–water partition coefficient (Wildman–Crippen LogP) is 1.96. The summed E-state index contributed by atoms with van der Waals surface area (Å²) in [5.41, 5.74) is 13.5. The average Bonchev–Trinajstić information content (AvgIpc) is 2.23. The van der Waals surface area contributed by atoms with Gasteiger partial charge in [0.15, 0.2) is 0 Å². The van der Waals surface area contributed by atoms with E-state index < -0.39 is 0 Å². The van der Waals surface area contributed by atoms with Gasteiger partial charge in [0.2, 0.25) is 0 Å². The van der Waals surface area contributed by atoms with Crippen LogP contribution in [0.3, 0.4) is 0 Å². The minimum Gasteiger partial charge on any atom is -0.397 e. The molecule has 1 heterocycles. The first-order valence-corrected chi connectivity index (χ1v) is 4.65. The highest BCUT2D eigenvalue weighted by Crippen LogP contribution is 2.25. The molecule has 3 nitrogen and oxygen atoms in total. The van der Waals surface area contributed by atoms with Crippen molar-refractivity contribution in [1.82, 2.24) is 4.98 Å². The zero-order chi connectivity index (χ0) is 10.1. The van der Waals surface area contributed by atoms with Crippen LogP contribution in [0.4, 0.5) is 11.5 Å². The molecule has 14 heavy (non-hydrogen) atoms. The second-order valence-electron chi connectivity index (χ2n) is 3.33. The van der Waals surface area contributed by atoms with Gasteiger partial charge in [-0.25, -0.2) is 4.98 Å². The monoisotopic (exact) mass is 187 g/mol. The van der Waals surface area contributed by atoms with E-state index >= 15 is 0 Å². The van der Waals surface area contributed by atoms with Crippen molar-refractivity contribution in [2.75, 3.05) is 11.5 Å². The lowest BCUT2D eigenvalue weighted by molar-refractivity contribution is 1.15. The number of hydrogen-bond donors (Lipinski definition) is 2. The molecule has 0 saturated heterocycles. The third-order valence-corrected chi connectivity index (χ3v) is 2.42. The Balaban J connectivity index is 2.80. The Bertz CT molecular complexity index is 477. The molecule has 2 aromatic rings. The molecule has 0 aliphatic rings. The molecule has 4 N–H and O–H groups in total. The molecule has 0 amide bonds. The van der Waals surface area contributed by atoms with E-state index in [1.54, 1.807) is 6.20 Å². The fraction of sp³-hybridized carbons (Fsp3) is 0.182. The number of benzene rings is 1. The Kier molecular flexibility index (Phi) is 2.00. The Morgan fingerprint density at radius 2 is 2.00 bits per heavy atom. The van der Waals surface area contributed by atoms with Gasteiger partial charge in [0.1, 0.15) is 5.82 Å². The molecule has 0 atom stereocenters. The van der Waals surface area contributed by atoms with E-state index in [1.165, 1.54) is 5.56 Å². The van der Waals surface area contributed by atoms with Gasteiger partial charge >= 0.3 is 0 Å². The maximum atomic E-state index is 5.83. The van der Waals surface area contributed by atoms with E-state index in [2.05, 4.69) is 24.0 Å². The number of aryl methyl sites for hydroxylation is 1. The van der Waals surface area contributed by atoms with Crippen LogP contribution < -0.4 is 11.5 Å². The van der Waals surface area contributed by atoms with Gasteiger partial charge in [0, 0.05) is 10.8 Å². The van der Waals surface area contributed by atoms with Crippen LogP contribution in [-0.4, -0.2) is 4.98 Å². The summed E-state index contributed by atoms with van der Waals surface area (Å²) in [6.07, 6.45) is 2.61. The normalized spacial score (nSPS) is 10.6. The third-order valence-electron chi connectivity index (χ3n) is 2.42. The number of hydrogen-bond acceptors (Lipinski definition) is 3. The molecule has 0 aliphatic carbocycles. The van der Waals surface area contributed by atoms with Gasteiger partial charge in [-0.15, -0.1) is 0 Å². The zero-order valence-corrected chi connectivity index (χ0v) is 8.12. The maximum Gasteiger partial charge on any atom is 0.131 e. The molecule has 0 aliphatic heterocycles. The lowest BCUT2D eigenvalue weighted by Gasteiger charge is -2.05. The number of pyridine rings is 1. The molecule has 0 unspecified atom stereocenters. The smallest absolute Gasteiger partial charge is 0.131 e.